The molecule has 1 heterocycles. The fraction of sp³-hybridized carbons (Fsp3) is 0.211. The molecule has 1 aliphatic heterocycles. The zero-order valence-electron chi connectivity index (χ0n) is 16.8. The number of thiocarbonyl (C=S) groups is 1. The zero-order chi connectivity index (χ0) is 23.6. The van der Waals surface area contributed by atoms with Crippen molar-refractivity contribution >= 4 is 67.9 Å². The Kier molecular flexibility index (Phi) is 7.03. The van der Waals surface area contributed by atoms with Gasteiger partial charge in [-0.2, -0.15) is 10.2 Å². The second kappa shape index (κ2) is 9.40. The number of benzene rings is 2. The number of carbonyl (C=O) groups excluding carboxylic acids is 1. The number of nitro groups is 1. The summed E-state index contributed by atoms with van der Waals surface area (Å²) in [7, 11) is 0. The number of nitrogens with one attached hydrogen (secondary N) is 1. The number of non-ortho nitro benzene ring substituents is 1. The maximum atomic E-state index is 12.7. The van der Waals surface area contributed by atoms with E-state index in [1.807, 2.05) is 0 Å². The molecule has 0 aliphatic carbocycles. The Labute approximate surface area is 201 Å². The highest BCUT2D eigenvalue weighted by Crippen LogP contribution is 2.42. The molecule has 0 radical (unpaired) electrons. The van der Waals surface area contributed by atoms with Crippen molar-refractivity contribution in [1.82, 2.24) is 10.1 Å². The van der Waals surface area contributed by atoms with E-state index in [1.165, 1.54) is 53.3 Å². The van der Waals surface area contributed by atoms with E-state index < -0.39 is 21.9 Å². The van der Waals surface area contributed by atoms with E-state index >= 15 is 0 Å². The number of aromatic hydroxyl groups is 1. The van der Waals surface area contributed by atoms with Gasteiger partial charge in [0, 0.05) is 27.9 Å². The molecule has 0 spiro atoms. The highest BCUT2D eigenvalue weighted by Gasteiger charge is 2.50. The number of anilines is 1. The van der Waals surface area contributed by atoms with Crippen LogP contribution in [0.3, 0.4) is 0 Å². The summed E-state index contributed by atoms with van der Waals surface area (Å²) >= 11 is 9.96. The first-order valence-corrected chi connectivity index (χ1v) is 11.1. The summed E-state index contributed by atoms with van der Waals surface area (Å²) in [5.41, 5.74) is 0.550. The summed E-state index contributed by atoms with van der Waals surface area (Å²) in [6.07, 6.45) is 0.410. The van der Waals surface area contributed by atoms with Gasteiger partial charge in [0.25, 0.3) is 5.69 Å². The second-order valence-corrected chi connectivity index (χ2v) is 10.4. The van der Waals surface area contributed by atoms with Crippen LogP contribution in [0.15, 0.2) is 52.0 Å². The number of amides is 2. The van der Waals surface area contributed by atoms with Crippen molar-refractivity contribution in [2.24, 2.45) is 5.10 Å². The molecule has 2 amide bonds. The molecule has 32 heavy (non-hydrogen) atoms. The number of rotatable bonds is 5. The van der Waals surface area contributed by atoms with Gasteiger partial charge in [0.1, 0.15) is 5.75 Å². The summed E-state index contributed by atoms with van der Waals surface area (Å²) in [6, 6.07) is 9.15. The minimum atomic E-state index is -0.969. The zero-order valence-corrected chi connectivity index (χ0v) is 20.0. The average molecular weight is 540 g/mol. The largest absolute Gasteiger partial charge is 0.507 e. The third kappa shape index (κ3) is 5.18. The van der Waals surface area contributed by atoms with E-state index in [-0.39, 0.29) is 17.1 Å². The topological polar surface area (TPSA) is 132 Å². The Morgan fingerprint density at radius 1 is 1.38 bits per heavy atom. The molecule has 0 bridgehead atoms. The number of hydrazone groups is 1. The lowest BCUT2D eigenvalue weighted by atomic mass is 10.1. The van der Waals surface area contributed by atoms with Gasteiger partial charge in [0.15, 0.2) is 10.5 Å². The molecule has 2 aromatic carbocycles. The number of hydrogen-bond acceptors (Lipinski definition) is 8. The molecule has 13 heteroatoms. The van der Waals surface area contributed by atoms with Crippen LogP contribution in [-0.2, 0) is 0 Å². The fourth-order valence-electron chi connectivity index (χ4n) is 2.94. The van der Waals surface area contributed by atoms with Crippen LogP contribution >= 0.6 is 39.9 Å². The van der Waals surface area contributed by atoms with Gasteiger partial charge in [-0.1, -0.05) is 39.9 Å². The molecule has 2 aromatic rings. The van der Waals surface area contributed by atoms with Gasteiger partial charge in [-0.05, 0) is 44.2 Å². The molecule has 3 N–H and O–H groups in total. The summed E-state index contributed by atoms with van der Waals surface area (Å²) in [6.45, 7) is 3.59. The van der Waals surface area contributed by atoms with E-state index in [0.29, 0.717) is 14.9 Å². The van der Waals surface area contributed by atoms with E-state index in [1.54, 1.807) is 26.0 Å². The van der Waals surface area contributed by atoms with Crippen LogP contribution in [0.1, 0.15) is 19.4 Å². The molecule has 3 rings (SSSR count). The Hall–Kier alpha value is -2.74. The summed E-state index contributed by atoms with van der Waals surface area (Å²) in [4.78, 5) is 22.9. The number of thioether (sulfide) groups is 1. The van der Waals surface area contributed by atoms with E-state index in [4.69, 9.17) is 12.2 Å². The molecule has 1 fully saturated rings. The number of nitrogens with zero attached hydrogens (tertiary/aromatic N) is 4. The maximum Gasteiger partial charge on any atom is 0.347 e. The van der Waals surface area contributed by atoms with Gasteiger partial charge in [-0.15, -0.1) is 0 Å². The van der Waals surface area contributed by atoms with Crippen LogP contribution in [0.5, 0.6) is 5.75 Å². The molecule has 10 nitrogen and oxygen atoms in total. The molecule has 0 saturated carbocycles. The average Bonchev–Trinajstić information content (AvgIpc) is 2.95. The predicted octanol–water partition coefficient (Wildman–Crippen LogP) is 4.76. The maximum absolute atomic E-state index is 12.7. The van der Waals surface area contributed by atoms with E-state index in [0.717, 1.165) is 4.47 Å². The molecule has 1 aliphatic rings. The van der Waals surface area contributed by atoms with E-state index in [2.05, 4.69) is 26.3 Å². The lowest BCUT2D eigenvalue weighted by Gasteiger charge is -2.34. The first kappa shape index (κ1) is 23.9. The number of hydroxylamine groups is 2. The first-order chi connectivity index (χ1) is 15.0. The smallest absolute Gasteiger partial charge is 0.347 e. The standard InChI is InChI=1S/C19H18BrN5O5S2/c1-19(2)16(24(28)17(27)22-13-4-6-14(7-5-13)25(29)30)23(18(31)32-19)21-10-11-9-12(20)3-8-15(11)26/h3-10,16,26,28H,1-2H3,(H,22,27)/b21-10-/t16-/m0/s1. The molecule has 168 valence electrons. The molecular weight excluding hydrogens is 522 g/mol. The van der Waals surface area contributed by atoms with Gasteiger partial charge in [-0.3, -0.25) is 15.3 Å². The van der Waals surface area contributed by atoms with Gasteiger partial charge in [-0.25, -0.2) is 9.80 Å². The summed E-state index contributed by atoms with van der Waals surface area (Å²) < 4.78 is 0.334. The van der Waals surface area contributed by atoms with Gasteiger partial charge in [0.2, 0.25) is 0 Å². The number of hydrogen-bond donors (Lipinski definition) is 3. The van der Waals surface area contributed by atoms with Crippen LogP contribution in [0, 0.1) is 10.1 Å². The van der Waals surface area contributed by atoms with Crippen molar-refractivity contribution in [3.8, 4) is 5.75 Å². The minimum Gasteiger partial charge on any atom is -0.507 e. The highest BCUT2D eigenvalue weighted by molar-refractivity contribution is 9.10. The third-order valence-corrected chi connectivity index (χ3v) is 6.50. The first-order valence-electron chi connectivity index (χ1n) is 9.08. The van der Waals surface area contributed by atoms with E-state index in [9.17, 15) is 25.2 Å². The lowest BCUT2D eigenvalue weighted by Crippen LogP contribution is -2.54. The Bertz CT molecular complexity index is 1100. The van der Waals surface area contributed by atoms with Crippen molar-refractivity contribution < 1.29 is 20.0 Å². The molecule has 1 saturated heterocycles. The van der Waals surface area contributed by atoms with Crippen LogP contribution in [0.25, 0.3) is 0 Å². The fourth-order valence-corrected chi connectivity index (χ4v) is 5.10. The van der Waals surface area contributed by atoms with Crippen LogP contribution in [-0.4, -0.2) is 52.8 Å². The number of phenolic OH excluding ortho intramolecular Hbond substituents is 1. The number of halogens is 1. The highest BCUT2D eigenvalue weighted by atomic mass is 79.9. The van der Waals surface area contributed by atoms with Crippen molar-refractivity contribution in [3.63, 3.8) is 0 Å². The lowest BCUT2D eigenvalue weighted by molar-refractivity contribution is -0.384. The predicted molar refractivity (Wildman–Crippen MR) is 129 cm³/mol. The summed E-state index contributed by atoms with van der Waals surface area (Å²) in [5, 5.41) is 40.1. The van der Waals surface area contributed by atoms with Gasteiger partial charge >= 0.3 is 6.03 Å². The Morgan fingerprint density at radius 3 is 2.66 bits per heavy atom. The quantitative estimate of drug-likeness (QED) is 0.163. The van der Waals surface area contributed by atoms with Gasteiger partial charge in [0.05, 0.1) is 15.9 Å². The molecular formula is C19H18BrN5O5S2. The minimum absolute atomic E-state index is 0.00213. The summed E-state index contributed by atoms with van der Waals surface area (Å²) in [5.74, 6) is 0.00213. The number of carbonyl (C=O) groups is 1. The van der Waals surface area contributed by atoms with Crippen LogP contribution in [0.4, 0.5) is 16.2 Å². The molecule has 0 aromatic heterocycles. The molecule has 1 atom stereocenters. The Morgan fingerprint density at radius 2 is 2.03 bits per heavy atom. The normalized spacial score (nSPS) is 17.6. The van der Waals surface area contributed by atoms with Crippen LogP contribution in [0.2, 0.25) is 0 Å². The van der Waals surface area contributed by atoms with Crippen molar-refractivity contribution in [3.05, 3.63) is 62.6 Å². The van der Waals surface area contributed by atoms with Gasteiger partial charge < -0.3 is 10.4 Å². The molecule has 0 unspecified atom stereocenters. The number of phenols is 1. The number of nitro benzene ring substituents is 1. The SMILES string of the molecule is CC1(C)SC(=S)N(/N=C\c2cc(Br)ccc2O)[C@H]1N(O)C(=O)Nc1ccc([N+](=O)[O-])cc1. The van der Waals surface area contributed by atoms with Crippen molar-refractivity contribution in [2.45, 2.75) is 24.8 Å². The monoisotopic (exact) mass is 539 g/mol. The second-order valence-electron chi connectivity index (χ2n) is 7.22. The van der Waals surface area contributed by atoms with Crippen LogP contribution < -0.4 is 5.32 Å². The third-order valence-electron chi connectivity index (χ3n) is 4.47. The Balaban J connectivity index is 1.82. The number of urea groups is 1. The van der Waals surface area contributed by atoms with Crippen molar-refractivity contribution in [2.75, 3.05) is 5.32 Å². The van der Waals surface area contributed by atoms with Crippen molar-refractivity contribution in [1.29, 1.82) is 0 Å².